The molecule has 0 unspecified atom stereocenters. The van der Waals surface area contributed by atoms with Gasteiger partial charge < -0.3 is 9.47 Å². The van der Waals surface area contributed by atoms with Gasteiger partial charge >= 0.3 is 0 Å². The molecule has 0 radical (unpaired) electrons. The second-order valence-electron chi connectivity index (χ2n) is 3.54. The smallest absolute Gasteiger partial charge is 0.231 e. The normalized spacial score (nSPS) is 16.7. The Morgan fingerprint density at radius 1 is 1.35 bits per heavy atom. The van der Waals surface area contributed by atoms with Gasteiger partial charge in [-0.25, -0.2) is 4.99 Å². The number of nitrogens with zero attached hydrogens (tertiary/aromatic N) is 1. The molecule has 0 amide bonds. The van der Waals surface area contributed by atoms with Crippen LogP contribution in [0.4, 0.5) is 5.69 Å². The molecule has 1 aliphatic rings. The average molecular weight is 249 g/mol. The summed E-state index contributed by atoms with van der Waals surface area (Å²) in [5, 5.41) is 0. The highest BCUT2D eigenvalue weighted by atomic mass is 32.2. The highest BCUT2D eigenvalue weighted by Gasteiger charge is 2.17. The van der Waals surface area contributed by atoms with E-state index in [9.17, 15) is 0 Å². The lowest BCUT2D eigenvalue weighted by molar-refractivity contribution is 0.229. The summed E-state index contributed by atoms with van der Waals surface area (Å²) in [6.07, 6.45) is 0. The summed E-state index contributed by atoms with van der Waals surface area (Å²) in [7, 11) is 1.64. The van der Waals surface area contributed by atoms with E-state index in [1.165, 1.54) is 0 Å². The molecule has 1 aromatic rings. The van der Waals surface area contributed by atoms with Gasteiger partial charge in [-0.15, -0.1) is 11.8 Å². The molecule has 0 fully saturated rings. The van der Waals surface area contributed by atoms with E-state index in [1.807, 2.05) is 37.3 Å². The largest absolute Gasteiger partial charge is 0.496 e. The van der Waals surface area contributed by atoms with Gasteiger partial charge in [0, 0.05) is 5.75 Å². The molecule has 3 nitrogen and oxygen atoms in total. The Morgan fingerprint density at radius 3 is 2.76 bits per heavy atom. The Bertz CT molecular complexity index is 440. The van der Waals surface area contributed by atoms with Gasteiger partial charge in [0.25, 0.3) is 0 Å². The molecule has 1 heterocycles. The topological polar surface area (TPSA) is 30.8 Å². The van der Waals surface area contributed by atoms with Crippen molar-refractivity contribution in [3.05, 3.63) is 41.0 Å². The lowest BCUT2D eigenvalue weighted by Gasteiger charge is -2.18. The third kappa shape index (κ3) is 3.03. The highest BCUT2D eigenvalue weighted by molar-refractivity contribution is 8.04. The van der Waals surface area contributed by atoms with Gasteiger partial charge in [-0.1, -0.05) is 18.2 Å². The summed E-state index contributed by atoms with van der Waals surface area (Å²) in [4.78, 5) is 5.48. The Hall–Kier alpha value is -1.42. The molecule has 4 heteroatoms. The molecule has 90 valence electrons. The average Bonchev–Trinajstić information content (AvgIpc) is 2.38. The van der Waals surface area contributed by atoms with Crippen molar-refractivity contribution in [2.45, 2.75) is 6.92 Å². The maximum absolute atomic E-state index is 5.51. The minimum absolute atomic E-state index is 0.624. The Labute approximate surface area is 106 Å². The quantitative estimate of drug-likeness (QED) is 0.595. The van der Waals surface area contributed by atoms with Crippen molar-refractivity contribution >= 4 is 23.3 Å². The molecule has 0 spiro atoms. The second-order valence-corrected chi connectivity index (χ2v) is 4.64. The van der Waals surface area contributed by atoms with Crippen molar-refractivity contribution in [2.24, 2.45) is 4.99 Å². The summed E-state index contributed by atoms with van der Waals surface area (Å²) in [6.45, 7) is 2.70. The second kappa shape index (κ2) is 5.77. The van der Waals surface area contributed by atoms with E-state index in [2.05, 4.69) is 4.99 Å². The van der Waals surface area contributed by atoms with Crippen LogP contribution in [0.3, 0.4) is 0 Å². The van der Waals surface area contributed by atoms with Crippen molar-refractivity contribution in [2.75, 3.05) is 19.5 Å². The van der Waals surface area contributed by atoms with Crippen LogP contribution in [-0.4, -0.2) is 25.4 Å². The first-order valence-corrected chi connectivity index (χ1v) is 6.44. The van der Waals surface area contributed by atoms with E-state index in [-0.39, 0.29) is 0 Å². The molecule has 0 saturated heterocycles. The molecule has 0 aliphatic carbocycles. The van der Waals surface area contributed by atoms with Gasteiger partial charge in [0.2, 0.25) is 5.90 Å². The van der Waals surface area contributed by atoms with Crippen LogP contribution in [-0.2, 0) is 9.47 Å². The van der Waals surface area contributed by atoms with E-state index >= 15 is 0 Å². The number of rotatable bonds is 2. The predicted molar refractivity (Wildman–Crippen MR) is 71.7 cm³/mol. The van der Waals surface area contributed by atoms with Crippen LogP contribution in [0, 0.1) is 0 Å². The van der Waals surface area contributed by atoms with Gasteiger partial charge in [0.15, 0.2) is 0 Å². The van der Waals surface area contributed by atoms with Crippen molar-refractivity contribution in [3.8, 4) is 0 Å². The van der Waals surface area contributed by atoms with Crippen LogP contribution in [0.1, 0.15) is 6.92 Å². The molecular formula is C13H15NO2S. The summed E-state index contributed by atoms with van der Waals surface area (Å²) in [5.74, 6) is 2.44. The molecule has 0 aromatic heterocycles. The maximum atomic E-state index is 5.51. The number of allylic oxidation sites excluding steroid dienone is 1. The van der Waals surface area contributed by atoms with Crippen LogP contribution in [0.25, 0.3) is 0 Å². The summed E-state index contributed by atoms with van der Waals surface area (Å²) < 4.78 is 10.9. The monoisotopic (exact) mass is 249 g/mol. The summed E-state index contributed by atoms with van der Waals surface area (Å²) >= 11 is 1.72. The molecule has 0 N–H and O–H groups in total. The zero-order valence-corrected chi connectivity index (χ0v) is 10.8. The first kappa shape index (κ1) is 12.0. The molecule has 0 bridgehead atoms. The minimum atomic E-state index is 0.624. The summed E-state index contributed by atoms with van der Waals surface area (Å²) in [5.41, 5.74) is 0.885. The van der Waals surface area contributed by atoms with Crippen molar-refractivity contribution in [1.29, 1.82) is 0 Å². The molecule has 0 saturated carbocycles. The number of thioether (sulfide) groups is 1. The van der Waals surface area contributed by atoms with Crippen molar-refractivity contribution in [1.82, 2.24) is 0 Å². The van der Waals surface area contributed by atoms with Gasteiger partial charge in [0.05, 0.1) is 19.4 Å². The van der Waals surface area contributed by atoms with Crippen LogP contribution in [0.5, 0.6) is 0 Å². The van der Waals surface area contributed by atoms with Crippen molar-refractivity contribution < 1.29 is 9.47 Å². The number of para-hydroxylation sites is 1. The molecule has 17 heavy (non-hydrogen) atoms. The highest BCUT2D eigenvalue weighted by Crippen LogP contribution is 2.28. The number of hydrogen-bond donors (Lipinski definition) is 0. The molecule has 1 aromatic carbocycles. The lowest BCUT2D eigenvalue weighted by Crippen LogP contribution is -2.12. The first-order valence-electron chi connectivity index (χ1n) is 5.46. The Morgan fingerprint density at radius 2 is 2.12 bits per heavy atom. The third-order valence-corrected chi connectivity index (χ3v) is 3.46. The van der Waals surface area contributed by atoms with Crippen LogP contribution in [0.2, 0.25) is 0 Å². The molecule has 1 aliphatic heterocycles. The van der Waals surface area contributed by atoms with E-state index < -0.39 is 0 Å². The lowest BCUT2D eigenvalue weighted by atomic mass is 10.3. The van der Waals surface area contributed by atoms with Crippen molar-refractivity contribution in [3.63, 3.8) is 0 Å². The Kier molecular flexibility index (Phi) is 4.09. The maximum Gasteiger partial charge on any atom is 0.231 e. The standard InChI is InChI=1S/C13H15NO2S/c1-10-12(17-9-8-16-10)13(15-2)14-11-6-4-3-5-7-11/h3-7H,8-9H2,1-2H3/b14-13-. The van der Waals surface area contributed by atoms with E-state index in [0.717, 1.165) is 28.7 Å². The number of aliphatic imine (C=N–C) groups is 1. The van der Waals surface area contributed by atoms with Crippen LogP contribution < -0.4 is 0 Å². The van der Waals surface area contributed by atoms with E-state index in [4.69, 9.17) is 9.47 Å². The van der Waals surface area contributed by atoms with Gasteiger partial charge in [-0.05, 0) is 19.1 Å². The molecule has 0 atom stereocenters. The number of methoxy groups -OCH3 is 1. The van der Waals surface area contributed by atoms with Crippen LogP contribution >= 0.6 is 11.8 Å². The summed E-state index contributed by atoms with van der Waals surface area (Å²) in [6, 6.07) is 9.77. The number of hydrogen-bond acceptors (Lipinski definition) is 4. The van der Waals surface area contributed by atoms with Crippen LogP contribution in [0.15, 0.2) is 46.0 Å². The SMILES string of the molecule is CO/C(=N\c1ccccc1)C1=C(C)OCCS1. The zero-order chi connectivity index (χ0) is 12.1. The fourth-order valence-electron chi connectivity index (χ4n) is 1.53. The third-order valence-electron chi connectivity index (χ3n) is 2.34. The van der Waals surface area contributed by atoms with E-state index in [0.29, 0.717) is 5.90 Å². The Balaban J connectivity index is 2.30. The van der Waals surface area contributed by atoms with Gasteiger partial charge in [-0.3, -0.25) is 0 Å². The number of ether oxygens (including phenoxy) is 2. The van der Waals surface area contributed by atoms with Gasteiger partial charge in [0.1, 0.15) is 10.7 Å². The minimum Gasteiger partial charge on any atom is -0.496 e. The first-order chi connectivity index (χ1) is 8.31. The number of benzene rings is 1. The predicted octanol–water partition coefficient (Wildman–Crippen LogP) is 3.36. The fraction of sp³-hybridized carbons (Fsp3) is 0.308. The molecule has 2 rings (SSSR count). The van der Waals surface area contributed by atoms with Gasteiger partial charge in [-0.2, -0.15) is 0 Å². The zero-order valence-electron chi connectivity index (χ0n) is 9.97. The van der Waals surface area contributed by atoms with E-state index in [1.54, 1.807) is 18.9 Å². The fourth-order valence-corrected chi connectivity index (χ4v) is 2.41. The molecular weight excluding hydrogens is 234 g/mol.